The Morgan fingerprint density at radius 3 is 2.66 bits per heavy atom. The van der Waals surface area contributed by atoms with Crippen molar-refractivity contribution in [1.82, 2.24) is 50.0 Å². The molecule has 1 atom stereocenters. The lowest BCUT2D eigenvalue weighted by atomic mass is 9.96. The van der Waals surface area contributed by atoms with E-state index >= 15 is 0 Å². The van der Waals surface area contributed by atoms with Gasteiger partial charge in [-0.1, -0.05) is 44.1 Å². The number of likely N-dealkylation sites (N-methyl/N-ethyl adjacent to an activating group) is 1. The lowest BCUT2D eigenvalue weighted by Crippen LogP contribution is -2.27. The molecular formula is C34H37F3N10O3. The fourth-order valence-corrected chi connectivity index (χ4v) is 5.60. The average Bonchev–Trinajstić information content (AvgIpc) is 3.87. The molecule has 2 amide bonds. The van der Waals surface area contributed by atoms with Crippen LogP contribution >= 0.6 is 0 Å². The van der Waals surface area contributed by atoms with Gasteiger partial charge in [0.25, 0.3) is 0 Å². The zero-order valence-electron chi connectivity index (χ0n) is 28.2. The van der Waals surface area contributed by atoms with Gasteiger partial charge in [-0.2, -0.15) is 23.3 Å². The summed E-state index contributed by atoms with van der Waals surface area (Å²) in [6, 6.07) is 5.50. The van der Waals surface area contributed by atoms with Crippen LogP contribution < -0.4 is 5.32 Å². The molecule has 1 unspecified atom stereocenters. The first-order chi connectivity index (χ1) is 23.7. The molecule has 0 saturated carbocycles. The predicted octanol–water partition coefficient (Wildman–Crippen LogP) is 5.01. The van der Waals surface area contributed by atoms with Crippen LogP contribution in [0.2, 0.25) is 0 Å². The van der Waals surface area contributed by atoms with Gasteiger partial charge in [-0.05, 0) is 43.8 Å². The molecule has 262 valence electrons. The van der Waals surface area contributed by atoms with E-state index in [2.05, 4.69) is 30.5 Å². The summed E-state index contributed by atoms with van der Waals surface area (Å²) in [4.78, 5) is 45.3. The molecule has 5 heterocycles. The third-order valence-corrected chi connectivity index (χ3v) is 8.30. The van der Waals surface area contributed by atoms with Crippen LogP contribution in [0.15, 0.2) is 59.5 Å². The molecule has 0 radical (unpaired) electrons. The van der Waals surface area contributed by atoms with E-state index in [1.807, 2.05) is 56.7 Å². The minimum atomic E-state index is -4.71. The first-order valence-corrected chi connectivity index (χ1v) is 16.0. The molecule has 4 aromatic heterocycles. The van der Waals surface area contributed by atoms with Crippen molar-refractivity contribution in [3.05, 3.63) is 77.9 Å². The highest BCUT2D eigenvalue weighted by Gasteiger charge is 2.34. The molecule has 1 saturated heterocycles. The van der Waals surface area contributed by atoms with Crippen molar-refractivity contribution in [3.63, 3.8) is 0 Å². The standard InChI is InChI=1S/C34H37F3N10O3/c1-33(2,3)32-43-31(50-44-32)30(49)39-16-21-9-8-20(15-25(21)34(35,36)37)24-10-12-38-29-27(24)41-28(42-29)22-17-40-47(18-22)23-11-14-46(19-23)26(48)7-6-13-45(4)5/h6-10,12,15,17-18,23H,11,13-14,16,19H2,1-5H3,(H,39,49)(H,38,41,42)/b7-6+. The average molecular weight is 691 g/mol. The number of halogens is 3. The second-order valence-electron chi connectivity index (χ2n) is 13.5. The summed E-state index contributed by atoms with van der Waals surface area (Å²) < 4.78 is 49.8. The number of alkyl halides is 3. The molecule has 16 heteroatoms. The molecule has 2 N–H and O–H groups in total. The Bertz CT molecular complexity index is 2050. The molecule has 1 aliphatic heterocycles. The second-order valence-corrected chi connectivity index (χ2v) is 13.5. The minimum Gasteiger partial charge on any atom is -0.344 e. The number of carbonyl (C=O) groups excluding carboxylic acids is 2. The van der Waals surface area contributed by atoms with Crippen molar-refractivity contribution < 1.29 is 27.3 Å². The highest BCUT2D eigenvalue weighted by Crippen LogP contribution is 2.37. The lowest BCUT2D eigenvalue weighted by Gasteiger charge is -2.15. The summed E-state index contributed by atoms with van der Waals surface area (Å²) in [5, 5.41) is 10.8. The van der Waals surface area contributed by atoms with E-state index in [-0.39, 0.29) is 29.0 Å². The fraction of sp³-hybridized carbons (Fsp3) is 0.382. The van der Waals surface area contributed by atoms with E-state index in [1.165, 1.54) is 12.3 Å². The van der Waals surface area contributed by atoms with Gasteiger partial charge in [-0.15, -0.1) is 0 Å². The minimum absolute atomic E-state index is 0.00919. The summed E-state index contributed by atoms with van der Waals surface area (Å²) in [5.74, 6) is -0.389. The molecular weight excluding hydrogens is 653 g/mol. The van der Waals surface area contributed by atoms with Crippen LogP contribution in [0.1, 0.15) is 60.9 Å². The van der Waals surface area contributed by atoms with Crippen molar-refractivity contribution >= 4 is 23.0 Å². The number of rotatable bonds is 9. The SMILES string of the molecule is CN(C)C/C=C/C(=O)N1CCC(n2cc(-c3nc4c(-c5ccc(CNC(=O)c6nc(C(C)(C)C)no6)c(C(F)(F)F)c5)ccnc4[nH]3)cn2)C1. The van der Waals surface area contributed by atoms with Gasteiger partial charge in [0.1, 0.15) is 11.3 Å². The highest BCUT2D eigenvalue weighted by atomic mass is 19.4. The van der Waals surface area contributed by atoms with Gasteiger partial charge >= 0.3 is 18.0 Å². The van der Waals surface area contributed by atoms with Crippen molar-refractivity contribution in [2.24, 2.45) is 0 Å². The zero-order chi connectivity index (χ0) is 35.8. The molecule has 1 aliphatic rings. The molecule has 5 aromatic rings. The van der Waals surface area contributed by atoms with Crippen LogP contribution in [0.5, 0.6) is 0 Å². The summed E-state index contributed by atoms with van der Waals surface area (Å²) >= 11 is 0. The zero-order valence-corrected chi connectivity index (χ0v) is 28.2. The Kier molecular flexibility index (Phi) is 9.31. The first kappa shape index (κ1) is 34.5. The Balaban J connectivity index is 1.20. The largest absolute Gasteiger partial charge is 0.416 e. The third-order valence-electron chi connectivity index (χ3n) is 8.30. The number of fused-ring (bicyclic) bond motifs is 1. The van der Waals surface area contributed by atoms with E-state index < -0.39 is 29.6 Å². The number of nitrogens with zero attached hydrogens (tertiary/aromatic N) is 8. The van der Waals surface area contributed by atoms with Gasteiger partial charge in [0.15, 0.2) is 11.5 Å². The molecule has 6 rings (SSSR count). The number of hydrogen-bond acceptors (Lipinski definition) is 9. The number of pyridine rings is 1. The van der Waals surface area contributed by atoms with E-state index in [1.54, 1.807) is 29.3 Å². The molecule has 13 nitrogen and oxygen atoms in total. The molecule has 0 bridgehead atoms. The van der Waals surface area contributed by atoms with Crippen LogP contribution in [0, 0.1) is 0 Å². The van der Waals surface area contributed by atoms with Crippen molar-refractivity contribution in [2.75, 3.05) is 33.7 Å². The second kappa shape index (κ2) is 13.5. The van der Waals surface area contributed by atoms with Crippen molar-refractivity contribution in [1.29, 1.82) is 0 Å². The number of aromatic amines is 1. The third kappa shape index (κ3) is 7.44. The molecule has 0 spiro atoms. The summed E-state index contributed by atoms with van der Waals surface area (Å²) in [6.45, 7) is 6.92. The van der Waals surface area contributed by atoms with Crippen molar-refractivity contribution in [3.8, 4) is 22.5 Å². The molecule has 1 fully saturated rings. The summed E-state index contributed by atoms with van der Waals surface area (Å²) in [7, 11) is 3.87. The number of likely N-dealkylation sites (tertiary alicyclic amines) is 1. The van der Waals surface area contributed by atoms with Crippen LogP contribution in [-0.2, 0) is 22.9 Å². The smallest absolute Gasteiger partial charge is 0.344 e. The fourth-order valence-electron chi connectivity index (χ4n) is 5.60. The number of benzene rings is 1. The van der Waals surface area contributed by atoms with Gasteiger partial charge in [0.2, 0.25) is 5.91 Å². The number of imidazole rings is 1. The van der Waals surface area contributed by atoms with Gasteiger partial charge in [-0.25, -0.2) is 9.97 Å². The summed E-state index contributed by atoms with van der Waals surface area (Å²) in [6.07, 6.45) is 4.46. The maximum Gasteiger partial charge on any atom is 0.416 e. The van der Waals surface area contributed by atoms with E-state index in [0.29, 0.717) is 53.6 Å². The number of carbonyl (C=O) groups is 2. The maximum atomic E-state index is 14.3. The molecule has 1 aromatic carbocycles. The monoisotopic (exact) mass is 690 g/mol. The Labute approximate surface area is 285 Å². The lowest BCUT2D eigenvalue weighted by molar-refractivity contribution is -0.138. The topological polar surface area (TPSA) is 151 Å². The number of H-pyrrole nitrogens is 1. The van der Waals surface area contributed by atoms with Gasteiger partial charge in [-0.3, -0.25) is 14.3 Å². The van der Waals surface area contributed by atoms with Gasteiger partial charge in [0, 0.05) is 55.6 Å². The maximum absolute atomic E-state index is 14.3. The van der Waals surface area contributed by atoms with Gasteiger partial charge < -0.3 is 24.6 Å². The normalized spacial score (nSPS) is 15.5. The Hall–Kier alpha value is -5.38. The Morgan fingerprint density at radius 1 is 1.14 bits per heavy atom. The van der Waals surface area contributed by atoms with Gasteiger partial charge in [0.05, 0.1) is 23.4 Å². The number of amides is 2. The predicted molar refractivity (Wildman–Crippen MR) is 178 cm³/mol. The summed E-state index contributed by atoms with van der Waals surface area (Å²) in [5.41, 5.74) is 0.653. The van der Waals surface area contributed by atoms with Crippen LogP contribution in [0.25, 0.3) is 33.7 Å². The van der Waals surface area contributed by atoms with Crippen LogP contribution in [0.3, 0.4) is 0 Å². The molecule has 50 heavy (non-hydrogen) atoms. The number of aromatic nitrogens is 7. The van der Waals surface area contributed by atoms with Crippen LogP contribution in [-0.4, -0.2) is 90.2 Å². The van der Waals surface area contributed by atoms with E-state index in [9.17, 15) is 22.8 Å². The molecule has 0 aliphatic carbocycles. The quantitative estimate of drug-likeness (QED) is 0.204. The first-order valence-electron chi connectivity index (χ1n) is 16.0. The van der Waals surface area contributed by atoms with Crippen LogP contribution in [0.4, 0.5) is 13.2 Å². The number of hydrogen-bond donors (Lipinski definition) is 2. The Morgan fingerprint density at radius 2 is 1.94 bits per heavy atom. The van der Waals surface area contributed by atoms with E-state index in [4.69, 9.17) is 9.51 Å². The van der Waals surface area contributed by atoms with Crippen molar-refractivity contribution in [2.45, 2.75) is 51.4 Å². The van der Waals surface area contributed by atoms with E-state index in [0.717, 1.165) is 12.5 Å². The number of nitrogens with one attached hydrogen (secondary N) is 2. The highest BCUT2D eigenvalue weighted by molar-refractivity contribution is 5.92.